The predicted molar refractivity (Wildman–Crippen MR) is 43.6 cm³/mol. The zero-order valence-corrected chi connectivity index (χ0v) is 6.52. The fourth-order valence-corrected chi connectivity index (χ4v) is 1.37. The number of carbonyl (C=O) groups excluding carboxylic acids is 1. The Balaban J connectivity index is 3.00. The average Bonchev–Trinajstić information content (AvgIpc) is 2.50. The average molecular weight is 163 g/mol. The number of thiophene rings is 1. The van der Waals surface area contributed by atoms with Crippen molar-refractivity contribution in [2.75, 3.05) is 0 Å². The van der Waals surface area contributed by atoms with Crippen molar-refractivity contribution in [3.8, 4) is 6.07 Å². The van der Waals surface area contributed by atoms with Gasteiger partial charge in [-0.15, -0.1) is 11.3 Å². The van der Waals surface area contributed by atoms with E-state index in [4.69, 9.17) is 5.26 Å². The number of nitrogens with zero attached hydrogens (tertiary/aromatic N) is 1. The summed E-state index contributed by atoms with van der Waals surface area (Å²) in [7, 11) is 0. The minimum absolute atomic E-state index is 0.128. The topological polar surface area (TPSA) is 40.9 Å². The number of allylic oxidation sites excluding steroid dienone is 1. The van der Waals surface area contributed by atoms with Crippen LogP contribution in [0.25, 0.3) is 0 Å². The first-order chi connectivity index (χ1) is 5.27. The van der Waals surface area contributed by atoms with E-state index >= 15 is 0 Å². The van der Waals surface area contributed by atoms with Gasteiger partial charge >= 0.3 is 0 Å². The Bertz CT molecular complexity index is 332. The number of hydrogen-bond acceptors (Lipinski definition) is 3. The molecule has 1 rings (SSSR count). The molecule has 2 nitrogen and oxygen atoms in total. The summed E-state index contributed by atoms with van der Waals surface area (Å²) in [5, 5.41) is 8.43. The molecule has 0 atom stereocenters. The van der Waals surface area contributed by atoms with Crippen molar-refractivity contribution in [3.05, 3.63) is 34.5 Å². The van der Waals surface area contributed by atoms with E-state index in [1.165, 1.54) is 17.4 Å². The lowest BCUT2D eigenvalue weighted by Crippen LogP contribution is -1.86. The number of rotatable bonds is 2. The lowest BCUT2D eigenvalue weighted by atomic mass is 10.3. The third kappa shape index (κ3) is 1.54. The van der Waals surface area contributed by atoms with Gasteiger partial charge in [-0.2, -0.15) is 5.26 Å². The fraction of sp³-hybridized carbons (Fsp3) is 0. The van der Waals surface area contributed by atoms with Crippen LogP contribution >= 0.6 is 11.3 Å². The minimum Gasteiger partial charge on any atom is -0.288 e. The normalized spacial score (nSPS) is 8.64. The monoisotopic (exact) mass is 163 g/mol. The van der Waals surface area contributed by atoms with Crippen molar-refractivity contribution in [2.24, 2.45) is 0 Å². The molecule has 11 heavy (non-hydrogen) atoms. The predicted octanol–water partition coefficient (Wildman–Crippen LogP) is 1.99. The molecular formula is C8H5NOS. The van der Waals surface area contributed by atoms with E-state index in [9.17, 15) is 4.79 Å². The summed E-state index contributed by atoms with van der Waals surface area (Å²) >= 11 is 1.18. The SMILES string of the molecule is C=CC(=O)c1ccc(C#N)s1. The van der Waals surface area contributed by atoms with Crippen LogP contribution in [-0.4, -0.2) is 5.78 Å². The number of ketones is 1. The van der Waals surface area contributed by atoms with Crippen molar-refractivity contribution < 1.29 is 4.79 Å². The van der Waals surface area contributed by atoms with Gasteiger partial charge < -0.3 is 0 Å². The van der Waals surface area contributed by atoms with Crippen LogP contribution in [0.4, 0.5) is 0 Å². The maximum atomic E-state index is 10.9. The van der Waals surface area contributed by atoms with Crippen LogP contribution in [0, 0.1) is 11.3 Å². The molecule has 0 unspecified atom stereocenters. The molecule has 0 aliphatic carbocycles. The number of carbonyl (C=O) groups is 1. The van der Waals surface area contributed by atoms with Gasteiger partial charge in [-0.25, -0.2) is 0 Å². The first-order valence-electron chi connectivity index (χ1n) is 2.94. The maximum Gasteiger partial charge on any atom is 0.195 e. The molecular weight excluding hydrogens is 158 g/mol. The van der Waals surface area contributed by atoms with Gasteiger partial charge in [0.25, 0.3) is 0 Å². The summed E-state index contributed by atoms with van der Waals surface area (Å²) < 4.78 is 0. The minimum atomic E-state index is -0.128. The van der Waals surface area contributed by atoms with Crippen molar-refractivity contribution in [3.63, 3.8) is 0 Å². The molecule has 0 N–H and O–H groups in total. The molecule has 0 spiro atoms. The highest BCUT2D eigenvalue weighted by Crippen LogP contribution is 2.15. The zero-order chi connectivity index (χ0) is 8.27. The molecule has 0 radical (unpaired) electrons. The molecule has 1 aromatic heterocycles. The summed E-state index contributed by atoms with van der Waals surface area (Å²) in [6.07, 6.45) is 1.24. The van der Waals surface area contributed by atoms with E-state index in [1.807, 2.05) is 6.07 Å². The standard InChI is InChI=1S/C8H5NOS/c1-2-7(10)8-4-3-6(5-9)11-8/h2-4H,1H2. The molecule has 0 saturated heterocycles. The highest BCUT2D eigenvalue weighted by molar-refractivity contribution is 7.14. The van der Waals surface area contributed by atoms with E-state index in [0.717, 1.165) is 0 Å². The van der Waals surface area contributed by atoms with Crippen molar-refractivity contribution in [2.45, 2.75) is 0 Å². The zero-order valence-electron chi connectivity index (χ0n) is 5.70. The maximum absolute atomic E-state index is 10.9. The lowest BCUT2D eigenvalue weighted by Gasteiger charge is -1.82. The van der Waals surface area contributed by atoms with Crippen molar-refractivity contribution >= 4 is 17.1 Å². The number of hydrogen-bond donors (Lipinski definition) is 0. The summed E-state index contributed by atoms with van der Waals surface area (Å²) in [6, 6.07) is 5.22. The molecule has 0 saturated carbocycles. The van der Waals surface area contributed by atoms with Crippen LogP contribution < -0.4 is 0 Å². The van der Waals surface area contributed by atoms with Gasteiger partial charge in [0.1, 0.15) is 10.9 Å². The molecule has 54 valence electrons. The van der Waals surface area contributed by atoms with Crippen LogP contribution in [0.5, 0.6) is 0 Å². The molecule has 1 heterocycles. The second-order valence-electron chi connectivity index (χ2n) is 1.84. The smallest absolute Gasteiger partial charge is 0.195 e. The van der Waals surface area contributed by atoms with E-state index in [0.29, 0.717) is 9.75 Å². The van der Waals surface area contributed by atoms with Crippen molar-refractivity contribution in [1.82, 2.24) is 0 Å². The molecule has 0 aliphatic rings. The Labute approximate surface area is 68.4 Å². The van der Waals surface area contributed by atoms with Crippen LogP contribution in [0.15, 0.2) is 24.8 Å². The van der Waals surface area contributed by atoms with Gasteiger partial charge in [-0.05, 0) is 18.2 Å². The van der Waals surface area contributed by atoms with Crippen LogP contribution in [0.1, 0.15) is 14.5 Å². The van der Waals surface area contributed by atoms with Gasteiger partial charge in [-0.3, -0.25) is 4.79 Å². The second-order valence-corrected chi connectivity index (χ2v) is 2.93. The van der Waals surface area contributed by atoms with Crippen LogP contribution in [-0.2, 0) is 0 Å². The first kappa shape index (κ1) is 7.70. The van der Waals surface area contributed by atoms with E-state index in [1.54, 1.807) is 12.1 Å². The number of nitriles is 1. The van der Waals surface area contributed by atoms with Gasteiger partial charge in [0.15, 0.2) is 5.78 Å². The van der Waals surface area contributed by atoms with Crippen molar-refractivity contribution in [1.29, 1.82) is 5.26 Å². The highest BCUT2D eigenvalue weighted by atomic mass is 32.1. The van der Waals surface area contributed by atoms with Crippen LogP contribution in [0.3, 0.4) is 0 Å². The highest BCUT2D eigenvalue weighted by Gasteiger charge is 2.03. The Hall–Kier alpha value is -1.40. The first-order valence-corrected chi connectivity index (χ1v) is 3.76. The Kier molecular flexibility index (Phi) is 2.19. The van der Waals surface area contributed by atoms with Gasteiger partial charge in [0.05, 0.1) is 4.88 Å². The summed E-state index contributed by atoms with van der Waals surface area (Å²) in [5.74, 6) is -0.128. The molecule has 0 fully saturated rings. The third-order valence-electron chi connectivity index (χ3n) is 1.14. The van der Waals surface area contributed by atoms with E-state index < -0.39 is 0 Å². The quantitative estimate of drug-likeness (QED) is 0.494. The van der Waals surface area contributed by atoms with E-state index in [2.05, 4.69) is 6.58 Å². The summed E-state index contributed by atoms with van der Waals surface area (Å²) in [6.45, 7) is 3.35. The summed E-state index contributed by atoms with van der Waals surface area (Å²) in [4.78, 5) is 12.0. The second kappa shape index (κ2) is 3.13. The largest absolute Gasteiger partial charge is 0.288 e. The Morgan fingerprint density at radius 3 is 2.91 bits per heavy atom. The Morgan fingerprint density at radius 1 is 1.73 bits per heavy atom. The molecule has 0 bridgehead atoms. The van der Waals surface area contributed by atoms with Crippen LogP contribution in [0.2, 0.25) is 0 Å². The third-order valence-corrected chi connectivity index (χ3v) is 2.15. The van der Waals surface area contributed by atoms with Gasteiger partial charge in [-0.1, -0.05) is 6.58 Å². The van der Waals surface area contributed by atoms with Gasteiger partial charge in [0.2, 0.25) is 0 Å². The lowest BCUT2D eigenvalue weighted by molar-refractivity contribution is 0.105. The molecule has 1 aromatic rings. The molecule has 3 heteroatoms. The molecule has 0 amide bonds. The summed E-state index contributed by atoms with van der Waals surface area (Å²) in [5.41, 5.74) is 0. The molecule has 0 aromatic carbocycles. The Morgan fingerprint density at radius 2 is 2.45 bits per heavy atom. The van der Waals surface area contributed by atoms with E-state index in [-0.39, 0.29) is 5.78 Å². The fourth-order valence-electron chi connectivity index (χ4n) is 0.631. The molecule has 0 aliphatic heterocycles. The van der Waals surface area contributed by atoms with Gasteiger partial charge in [0, 0.05) is 0 Å².